The smallest absolute Gasteiger partial charge is 0.384 e. The van der Waals surface area contributed by atoms with Crippen LogP contribution in [0.5, 0.6) is 0 Å². The maximum Gasteiger partial charge on any atom is 0.419 e. The summed E-state index contributed by atoms with van der Waals surface area (Å²) in [5.41, 5.74) is -3.57. The summed E-state index contributed by atoms with van der Waals surface area (Å²) < 4.78 is 43.7. The van der Waals surface area contributed by atoms with E-state index < -0.39 is 30.2 Å². The molecule has 0 aliphatic carbocycles. The minimum atomic E-state index is -4.72. The predicted molar refractivity (Wildman–Crippen MR) is 68.6 cm³/mol. The van der Waals surface area contributed by atoms with Gasteiger partial charge < -0.3 is 20.1 Å². The highest BCUT2D eigenvalue weighted by molar-refractivity contribution is 5.83. The monoisotopic (exact) mass is 310 g/mol. The van der Waals surface area contributed by atoms with Gasteiger partial charge in [-0.15, -0.1) is 0 Å². The average molecular weight is 310 g/mol. The third kappa shape index (κ3) is 3.02. The first kappa shape index (κ1) is 16.5. The van der Waals surface area contributed by atoms with Gasteiger partial charge >= 0.3 is 6.18 Å². The van der Waals surface area contributed by atoms with E-state index in [0.29, 0.717) is 25.9 Å². The summed E-state index contributed by atoms with van der Waals surface area (Å²) in [6, 6.07) is 0. The van der Waals surface area contributed by atoms with Crippen molar-refractivity contribution in [3.8, 4) is 0 Å². The first-order valence-corrected chi connectivity index (χ1v) is 7.02. The molecule has 0 aromatic rings. The van der Waals surface area contributed by atoms with E-state index in [-0.39, 0.29) is 19.1 Å². The third-order valence-electron chi connectivity index (χ3n) is 4.50. The van der Waals surface area contributed by atoms with Gasteiger partial charge in [0.2, 0.25) is 5.91 Å². The van der Waals surface area contributed by atoms with Gasteiger partial charge in [-0.05, 0) is 25.9 Å². The summed E-state index contributed by atoms with van der Waals surface area (Å²) in [6.07, 6.45) is -4.13. The number of hydrogen-bond donors (Lipinski definition) is 2. The second kappa shape index (κ2) is 5.73. The number of alkyl halides is 3. The molecule has 2 rings (SSSR count). The van der Waals surface area contributed by atoms with Gasteiger partial charge in [-0.25, -0.2) is 0 Å². The summed E-state index contributed by atoms with van der Waals surface area (Å²) in [5.74, 6) is -0.342. The first-order chi connectivity index (χ1) is 9.74. The van der Waals surface area contributed by atoms with Gasteiger partial charge in [-0.2, -0.15) is 13.2 Å². The summed E-state index contributed by atoms with van der Waals surface area (Å²) >= 11 is 0. The van der Waals surface area contributed by atoms with E-state index in [4.69, 9.17) is 4.74 Å². The average Bonchev–Trinajstić information content (AvgIpc) is 2.83. The maximum absolute atomic E-state index is 12.8. The Balaban J connectivity index is 2.12. The van der Waals surface area contributed by atoms with E-state index in [1.165, 1.54) is 7.11 Å². The van der Waals surface area contributed by atoms with Crippen LogP contribution < -0.4 is 5.32 Å². The van der Waals surface area contributed by atoms with Crippen LogP contribution in [-0.4, -0.2) is 67.6 Å². The quantitative estimate of drug-likeness (QED) is 0.798. The number of aliphatic hydroxyl groups is 1. The summed E-state index contributed by atoms with van der Waals surface area (Å²) in [4.78, 5) is 13.8. The molecule has 2 saturated heterocycles. The van der Waals surface area contributed by atoms with Gasteiger partial charge in [-0.1, -0.05) is 0 Å². The molecule has 1 unspecified atom stereocenters. The Labute approximate surface area is 121 Å². The van der Waals surface area contributed by atoms with E-state index in [1.54, 1.807) is 0 Å². The number of nitrogens with zero attached hydrogens (tertiary/aromatic N) is 1. The van der Waals surface area contributed by atoms with E-state index in [1.807, 2.05) is 0 Å². The Morgan fingerprint density at radius 3 is 2.43 bits per heavy atom. The summed E-state index contributed by atoms with van der Waals surface area (Å²) in [5, 5.41) is 12.8. The summed E-state index contributed by atoms with van der Waals surface area (Å²) in [7, 11) is 1.48. The number of amides is 1. The van der Waals surface area contributed by atoms with Crippen molar-refractivity contribution in [1.29, 1.82) is 0 Å². The van der Waals surface area contributed by atoms with Gasteiger partial charge in [0.05, 0.1) is 18.6 Å². The lowest BCUT2D eigenvalue weighted by Gasteiger charge is -2.38. The van der Waals surface area contributed by atoms with Crippen molar-refractivity contribution in [2.24, 2.45) is 5.41 Å². The number of hydrogen-bond acceptors (Lipinski definition) is 4. The van der Waals surface area contributed by atoms with Crippen LogP contribution in [-0.2, 0) is 9.53 Å². The molecule has 8 heteroatoms. The standard InChI is InChI=1S/C13H21F3N2O3/c1-21-9-11(2-5-17-6-3-11)10(19)18-7-4-12(20,8-18)13(14,15)16/h17,20H,2-9H2,1H3. The molecular formula is C13H21F3N2O3. The Hall–Kier alpha value is -0.860. The van der Waals surface area contributed by atoms with Crippen LogP contribution in [0.3, 0.4) is 0 Å². The largest absolute Gasteiger partial charge is 0.419 e. The first-order valence-electron chi connectivity index (χ1n) is 7.02. The second-order valence-corrected chi connectivity index (χ2v) is 5.97. The highest BCUT2D eigenvalue weighted by Gasteiger charge is 2.59. The van der Waals surface area contributed by atoms with Gasteiger partial charge in [0.15, 0.2) is 5.60 Å². The zero-order chi connectivity index (χ0) is 15.7. The Morgan fingerprint density at radius 1 is 1.33 bits per heavy atom. The SMILES string of the molecule is COCC1(C(=O)N2CCC(O)(C(F)(F)F)C2)CCNCC1. The van der Waals surface area contributed by atoms with Gasteiger partial charge in [0, 0.05) is 20.1 Å². The number of carbonyl (C=O) groups excluding carboxylic acids is 1. The maximum atomic E-state index is 12.8. The molecule has 2 aliphatic heterocycles. The lowest BCUT2D eigenvalue weighted by atomic mass is 9.78. The van der Waals surface area contributed by atoms with Crippen LogP contribution in [0.4, 0.5) is 13.2 Å². The van der Waals surface area contributed by atoms with Crippen molar-refractivity contribution < 1.29 is 27.8 Å². The van der Waals surface area contributed by atoms with Crippen LogP contribution in [0.2, 0.25) is 0 Å². The van der Waals surface area contributed by atoms with Crippen LogP contribution in [0.1, 0.15) is 19.3 Å². The lowest BCUT2D eigenvalue weighted by molar-refractivity contribution is -0.253. The summed E-state index contributed by atoms with van der Waals surface area (Å²) in [6.45, 7) is 0.690. The number of piperidine rings is 1. The molecule has 0 aromatic carbocycles. The zero-order valence-corrected chi connectivity index (χ0v) is 12.0. The fraction of sp³-hybridized carbons (Fsp3) is 0.923. The van der Waals surface area contributed by atoms with Gasteiger partial charge in [0.25, 0.3) is 0 Å². The Kier molecular flexibility index (Phi) is 4.51. The Bertz CT molecular complexity index is 391. The van der Waals surface area contributed by atoms with E-state index >= 15 is 0 Å². The van der Waals surface area contributed by atoms with E-state index in [0.717, 1.165) is 4.90 Å². The molecule has 0 radical (unpaired) electrons. The Morgan fingerprint density at radius 2 is 1.95 bits per heavy atom. The normalized spacial score (nSPS) is 29.7. The molecule has 2 fully saturated rings. The minimum absolute atomic E-state index is 0.0757. The van der Waals surface area contributed by atoms with Crippen molar-refractivity contribution in [3.05, 3.63) is 0 Å². The molecule has 122 valence electrons. The molecule has 0 saturated carbocycles. The number of ether oxygens (including phenoxy) is 1. The molecule has 0 bridgehead atoms. The van der Waals surface area contributed by atoms with Crippen molar-refractivity contribution in [2.45, 2.75) is 31.0 Å². The molecule has 21 heavy (non-hydrogen) atoms. The highest BCUT2D eigenvalue weighted by atomic mass is 19.4. The number of carbonyl (C=O) groups is 1. The lowest BCUT2D eigenvalue weighted by Crippen LogP contribution is -2.53. The van der Waals surface area contributed by atoms with Crippen molar-refractivity contribution >= 4 is 5.91 Å². The van der Waals surface area contributed by atoms with Gasteiger partial charge in [0.1, 0.15) is 0 Å². The molecule has 2 aliphatic rings. The molecule has 2 N–H and O–H groups in total. The molecule has 0 spiro atoms. The van der Waals surface area contributed by atoms with Crippen molar-refractivity contribution in [2.75, 3.05) is 39.9 Å². The zero-order valence-electron chi connectivity index (χ0n) is 12.0. The molecule has 2 heterocycles. The minimum Gasteiger partial charge on any atom is -0.384 e. The van der Waals surface area contributed by atoms with Crippen LogP contribution in [0.15, 0.2) is 0 Å². The van der Waals surface area contributed by atoms with Crippen molar-refractivity contribution in [1.82, 2.24) is 10.2 Å². The molecule has 0 aromatic heterocycles. The van der Waals surface area contributed by atoms with E-state index in [2.05, 4.69) is 5.32 Å². The second-order valence-electron chi connectivity index (χ2n) is 5.97. The fourth-order valence-electron chi connectivity index (χ4n) is 3.14. The molecule has 1 amide bonds. The third-order valence-corrected chi connectivity index (χ3v) is 4.50. The molecule has 5 nitrogen and oxygen atoms in total. The number of β-amino-alcohol motifs (C(OH)–C–C–N with tert-alkyl or cyclic N) is 1. The number of halogens is 3. The van der Waals surface area contributed by atoms with E-state index in [9.17, 15) is 23.1 Å². The van der Waals surface area contributed by atoms with Crippen LogP contribution in [0, 0.1) is 5.41 Å². The topological polar surface area (TPSA) is 61.8 Å². The number of rotatable bonds is 3. The molecular weight excluding hydrogens is 289 g/mol. The number of methoxy groups -OCH3 is 1. The number of nitrogens with one attached hydrogen (secondary N) is 1. The van der Waals surface area contributed by atoms with Gasteiger partial charge in [-0.3, -0.25) is 4.79 Å². The van der Waals surface area contributed by atoms with Crippen molar-refractivity contribution in [3.63, 3.8) is 0 Å². The van der Waals surface area contributed by atoms with Crippen LogP contribution in [0.25, 0.3) is 0 Å². The highest BCUT2D eigenvalue weighted by Crippen LogP contribution is 2.40. The van der Waals surface area contributed by atoms with Crippen LogP contribution >= 0.6 is 0 Å². The predicted octanol–water partition coefficient (Wildman–Crippen LogP) is 0.528. The fourth-order valence-corrected chi connectivity index (χ4v) is 3.14. The molecule has 1 atom stereocenters. The number of likely N-dealkylation sites (tertiary alicyclic amines) is 1.